The number of sulfone groups is 1. The van der Waals surface area contributed by atoms with E-state index < -0.39 is 21.8 Å². The number of rotatable bonds is 10. The van der Waals surface area contributed by atoms with Gasteiger partial charge in [-0.15, -0.1) is 0 Å². The Morgan fingerprint density at radius 1 is 1.25 bits per heavy atom. The van der Waals surface area contributed by atoms with Crippen LogP contribution >= 0.6 is 0 Å². The van der Waals surface area contributed by atoms with Crippen LogP contribution in [0.1, 0.15) is 12.8 Å². The van der Waals surface area contributed by atoms with Gasteiger partial charge in [-0.2, -0.15) is 0 Å². The van der Waals surface area contributed by atoms with Crippen LogP contribution in [0.25, 0.3) is 0 Å². The predicted molar refractivity (Wildman–Crippen MR) is 74.8 cm³/mol. The molecule has 0 spiro atoms. The number of nitrogens with one attached hydrogen (secondary N) is 2. The van der Waals surface area contributed by atoms with Gasteiger partial charge in [-0.1, -0.05) is 0 Å². The Kier molecular flexibility index (Phi) is 9.10. The molecule has 1 unspecified atom stereocenters. The zero-order valence-corrected chi connectivity index (χ0v) is 12.7. The zero-order valence-electron chi connectivity index (χ0n) is 11.8. The van der Waals surface area contributed by atoms with Gasteiger partial charge >= 0.3 is 0 Å². The molecule has 0 saturated heterocycles. The van der Waals surface area contributed by atoms with E-state index in [4.69, 9.17) is 10.5 Å². The van der Waals surface area contributed by atoms with Crippen molar-refractivity contribution < 1.29 is 22.7 Å². The Morgan fingerprint density at radius 2 is 1.90 bits per heavy atom. The van der Waals surface area contributed by atoms with Gasteiger partial charge in [0.2, 0.25) is 11.8 Å². The number of amides is 2. The van der Waals surface area contributed by atoms with Gasteiger partial charge in [0.05, 0.1) is 18.4 Å². The number of hydrogen-bond acceptors (Lipinski definition) is 6. The van der Waals surface area contributed by atoms with Crippen molar-refractivity contribution in [3.05, 3.63) is 0 Å². The summed E-state index contributed by atoms with van der Waals surface area (Å²) >= 11 is 0. The number of ether oxygens (including phenoxy) is 1. The van der Waals surface area contributed by atoms with Crippen LogP contribution < -0.4 is 16.4 Å². The van der Waals surface area contributed by atoms with Crippen molar-refractivity contribution in [2.45, 2.75) is 18.9 Å². The molecule has 0 aromatic rings. The second-order valence-corrected chi connectivity index (χ2v) is 6.67. The minimum Gasteiger partial charge on any atom is -0.383 e. The average Bonchev–Trinajstić information content (AvgIpc) is 2.35. The predicted octanol–water partition coefficient (Wildman–Crippen LogP) is -1.98. The molecule has 0 aromatic heterocycles. The largest absolute Gasteiger partial charge is 0.383 e. The molecule has 0 bridgehead atoms. The van der Waals surface area contributed by atoms with E-state index in [9.17, 15) is 18.0 Å². The van der Waals surface area contributed by atoms with Gasteiger partial charge in [-0.05, 0) is 6.42 Å². The van der Waals surface area contributed by atoms with Gasteiger partial charge in [0, 0.05) is 32.9 Å². The molecular formula is C11H23N3O5S. The second kappa shape index (κ2) is 9.67. The molecule has 0 radical (unpaired) electrons. The molecule has 2 amide bonds. The number of carbonyl (C=O) groups is 2. The first kappa shape index (κ1) is 18.8. The summed E-state index contributed by atoms with van der Waals surface area (Å²) in [6.07, 6.45) is 1.28. The summed E-state index contributed by atoms with van der Waals surface area (Å²) in [6.45, 7) is 0.996. The molecule has 0 heterocycles. The van der Waals surface area contributed by atoms with Crippen molar-refractivity contribution in [3.8, 4) is 0 Å². The van der Waals surface area contributed by atoms with Gasteiger partial charge in [-0.25, -0.2) is 8.42 Å². The molecule has 0 fully saturated rings. The van der Waals surface area contributed by atoms with Crippen LogP contribution in [0.4, 0.5) is 0 Å². The van der Waals surface area contributed by atoms with Crippen LogP contribution in [-0.4, -0.2) is 65.1 Å². The first-order chi connectivity index (χ1) is 9.26. The molecule has 0 saturated carbocycles. The summed E-state index contributed by atoms with van der Waals surface area (Å²) in [6, 6.07) is -0.888. The zero-order chi connectivity index (χ0) is 15.6. The highest BCUT2D eigenvalue weighted by Gasteiger charge is 2.15. The smallest absolute Gasteiger partial charge is 0.236 e. The summed E-state index contributed by atoms with van der Waals surface area (Å²) < 4.78 is 26.6. The maximum Gasteiger partial charge on any atom is 0.236 e. The topological polar surface area (TPSA) is 128 Å². The lowest BCUT2D eigenvalue weighted by atomic mass is 10.2. The summed E-state index contributed by atoms with van der Waals surface area (Å²) in [5.74, 6) is -0.801. The quantitative estimate of drug-likeness (QED) is 0.401. The summed E-state index contributed by atoms with van der Waals surface area (Å²) in [5, 5.41) is 5.09. The molecular weight excluding hydrogens is 286 g/mol. The molecule has 118 valence electrons. The van der Waals surface area contributed by atoms with Crippen LogP contribution in [0.2, 0.25) is 0 Å². The van der Waals surface area contributed by atoms with Gasteiger partial charge in [0.25, 0.3) is 0 Å². The van der Waals surface area contributed by atoms with Crippen molar-refractivity contribution in [2.75, 3.05) is 38.8 Å². The van der Waals surface area contributed by atoms with E-state index in [1.165, 1.54) is 7.11 Å². The van der Waals surface area contributed by atoms with E-state index in [0.29, 0.717) is 13.2 Å². The maximum atomic E-state index is 11.5. The van der Waals surface area contributed by atoms with Crippen LogP contribution in [0.3, 0.4) is 0 Å². The molecule has 0 aliphatic heterocycles. The highest BCUT2D eigenvalue weighted by atomic mass is 32.2. The van der Waals surface area contributed by atoms with E-state index >= 15 is 0 Å². The van der Waals surface area contributed by atoms with Crippen LogP contribution in [0, 0.1) is 0 Å². The third-order valence-electron chi connectivity index (χ3n) is 2.42. The molecule has 0 aliphatic rings. The Hall–Kier alpha value is -1.19. The van der Waals surface area contributed by atoms with Crippen molar-refractivity contribution in [1.29, 1.82) is 0 Å². The highest BCUT2D eigenvalue weighted by molar-refractivity contribution is 7.90. The number of nitrogens with two attached hydrogens (primary N) is 1. The number of hydrogen-bond donors (Lipinski definition) is 3. The van der Waals surface area contributed by atoms with E-state index in [1.807, 2.05) is 0 Å². The maximum absolute atomic E-state index is 11.5. The number of carbonyl (C=O) groups excluding carboxylic acids is 2. The minimum absolute atomic E-state index is 0.0602. The van der Waals surface area contributed by atoms with Gasteiger partial charge in [0.15, 0.2) is 0 Å². The first-order valence-corrected chi connectivity index (χ1v) is 8.29. The van der Waals surface area contributed by atoms with E-state index in [0.717, 1.165) is 6.26 Å². The Balaban J connectivity index is 3.79. The normalized spacial score (nSPS) is 12.8. The van der Waals surface area contributed by atoms with Gasteiger partial charge in [0.1, 0.15) is 9.84 Å². The fourth-order valence-electron chi connectivity index (χ4n) is 1.28. The molecule has 1 atom stereocenters. The Bertz CT molecular complexity index is 410. The standard InChI is InChI=1S/C11H23N3O5S/c1-19-7-6-13-10(15)3-5-14-11(16)9(12)4-8-20(2,17)18/h9H,3-8,12H2,1-2H3,(H,13,15)(H,14,16). The van der Waals surface area contributed by atoms with E-state index in [2.05, 4.69) is 10.6 Å². The number of methoxy groups -OCH3 is 1. The third kappa shape index (κ3) is 10.7. The lowest BCUT2D eigenvalue weighted by Gasteiger charge is -2.11. The van der Waals surface area contributed by atoms with Gasteiger partial charge < -0.3 is 21.1 Å². The SMILES string of the molecule is COCCNC(=O)CCNC(=O)C(N)CCS(C)(=O)=O. The van der Waals surface area contributed by atoms with Crippen LogP contribution in [0.15, 0.2) is 0 Å². The van der Waals surface area contributed by atoms with Crippen LogP contribution in [0.5, 0.6) is 0 Å². The third-order valence-corrected chi connectivity index (χ3v) is 3.39. The lowest BCUT2D eigenvalue weighted by Crippen LogP contribution is -2.42. The summed E-state index contributed by atoms with van der Waals surface area (Å²) in [7, 11) is -1.60. The monoisotopic (exact) mass is 309 g/mol. The summed E-state index contributed by atoms with van der Waals surface area (Å²) in [4.78, 5) is 22.8. The van der Waals surface area contributed by atoms with Crippen molar-refractivity contribution in [2.24, 2.45) is 5.73 Å². The fourth-order valence-corrected chi connectivity index (χ4v) is 1.97. The Morgan fingerprint density at radius 3 is 2.45 bits per heavy atom. The van der Waals surface area contributed by atoms with E-state index in [1.54, 1.807) is 0 Å². The molecule has 9 heteroatoms. The summed E-state index contributed by atoms with van der Waals surface area (Å²) in [5.41, 5.74) is 5.55. The minimum atomic E-state index is -3.14. The van der Waals surface area contributed by atoms with Crippen molar-refractivity contribution in [3.63, 3.8) is 0 Å². The average molecular weight is 309 g/mol. The lowest BCUT2D eigenvalue weighted by molar-refractivity contribution is -0.123. The van der Waals surface area contributed by atoms with Crippen molar-refractivity contribution in [1.82, 2.24) is 10.6 Å². The molecule has 0 rings (SSSR count). The molecule has 8 nitrogen and oxygen atoms in total. The second-order valence-electron chi connectivity index (χ2n) is 4.41. The molecule has 20 heavy (non-hydrogen) atoms. The Labute approximate surface area is 119 Å². The fraction of sp³-hybridized carbons (Fsp3) is 0.818. The van der Waals surface area contributed by atoms with E-state index in [-0.39, 0.29) is 31.0 Å². The van der Waals surface area contributed by atoms with Crippen LogP contribution in [-0.2, 0) is 24.2 Å². The molecule has 0 aromatic carbocycles. The van der Waals surface area contributed by atoms with Gasteiger partial charge in [-0.3, -0.25) is 9.59 Å². The first-order valence-electron chi connectivity index (χ1n) is 6.23. The molecule has 0 aliphatic carbocycles. The highest BCUT2D eigenvalue weighted by Crippen LogP contribution is 1.94. The van der Waals surface area contributed by atoms with Crippen molar-refractivity contribution >= 4 is 21.7 Å². The molecule has 4 N–H and O–H groups in total.